The van der Waals surface area contributed by atoms with Gasteiger partial charge in [-0.25, -0.2) is 4.98 Å². The molecule has 0 fully saturated rings. The van der Waals surface area contributed by atoms with Crippen LogP contribution in [0.3, 0.4) is 0 Å². The number of hydrogen-bond donors (Lipinski definition) is 2. The van der Waals surface area contributed by atoms with Gasteiger partial charge in [0, 0.05) is 12.5 Å². The van der Waals surface area contributed by atoms with Gasteiger partial charge in [-0.15, -0.1) is 0 Å². The van der Waals surface area contributed by atoms with Gasteiger partial charge in [-0.1, -0.05) is 19.1 Å². The molecule has 1 amide bonds. The summed E-state index contributed by atoms with van der Waals surface area (Å²) in [6, 6.07) is 8.22. The normalized spacial score (nSPS) is 10.2. The second kappa shape index (κ2) is 6.01. The van der Waals surface area contributed by atoms with Crippen molar-refractivity contribution in [2.24, 2.45) is 5.73 Å². The number of carbonyl (C=O) groups excluding carboxylic acids is 1. The predicted octanol–water partition coefficient (Wildman–Crippen LogP) is 1.90. The highest BCUT2D eigenvalue weighted by Gasteiger charge is 2.11. The molecule has 4 N–H and O–H groups in total. The van der Waals surface area contributed by atoms with E-state index in [9.17, 15) is 4.79 Å². The van der Waals surface area contributed by atoms with Crippen molar-refractivity contribution in [1.82, 2.24) is 9.97 Å². The van der Waals surface area contributed by atoms with Crippen LogP contribution in [0, 0.1) is 0 Å². The lowest BCUT2D eigenvalue weighted by molar-refractivity contribution is 0.0998. The zero-order valence-corrected chi connectivity index (χ0v) is 11.2. The highest BCUT2D eigenvalue weighted by Crippen LogP contribution is 2.24. The molecule has 0 aliphatic carbocycles. The fourth-order valence-electron chi connectivity index (χ4n) is 1.75. The molecule has 1 aromatic carbocycles. The Labute approximate surface area is 116 Å². The number of nitrogen functional groups attached to an aromatic ring is 1. The first kappa shape index (κ1) is 13.8. The van der Waals surface area contributed by atoms with Crippen LogP contribution in [-0.2, 0) is 6.42 Å². The van der Waals surface area contributed by atoms with Crippen LogP contribution >= 0.6 is 0 Å². The number of ether oxygens (including phenoxy) is 1. The second-order valence-corrected chi connectivity index (χ2v) is 4.26. The fraction of sp³-hybridized carbons (Fsp3) is 0.214. The van der Waals surface area contributed by atoms with Crippen LogP contribution in [-0.4, -0.2) is 15.9 Å². The molecular weight excluding hydrogens is 256 g/mol. The molecule has 1 heterocycles. The van der Waals surface area contributed by atoms with E-state index in [-0.39, 0.29) is 0 Å². The number of nitrogens with two attached hydrogens (primary N) is 2. The molecule has 2 rings (SSSR count). The van der Waals surface area contributed by atoms with E-state index in [4.69, 9.17) is 16.2 Å². The van der Waals surface area contributed by atoms with Gasteiger partial charge in [0.25, 0.3) is 5.91 Å². The number of benzene rings is 1. The van der Waals surface area contributed by atoms with Crippen molar-refractivity contribution in [3.8, 4) is 11.6 Å². The molecule has 0 saturated heterocycles. The summed E-state index contributed by atoms with van der Waals surface area (Å²) < 4.78 is 5.61. The maximum Gasteiger partial charge on any atom is 0.252 e. The molecule has 6 heteroatoms. The van der Waals surface area contributed by atoms with Gasteiger partial charge in [0.2, 0.25) is 5.88 Å². The fourth-order valence-corrected chi connectivity index (χ4v) is 1.75. The molecular formula is C14H16N4O2. The molecule has 20 heavy (non-hydrogen) atoms. The Balaban J connectivity index is 2.32. The van der Waals surface area contributed by atoms with Crippen LogP contribution in [0.2, 0.25) is 0 Å². The van der Waals surface area contributed by atoms with Gasteiger partial charge < -0.3 is 16.2 Å². The molecule has 0 radical (unpaired) electrons. The van der Waals surface area contributed by atoms with Gasteiger partial charge in [-0.05, 0) is 18.6 Å². The minimum absolute atomic E-state index is 0.293. The number of primary amides is 1. The quantitative estimate of drug-likeness (QED) is 0.865. The zero-order chi connectivity index (χ0) is 14.5. The number of rotatable bonds is 5. The highest BCUT2D eigenvalue weighted by atomic mass is 16.5. The minimum atomic E-state index is -0.559. The average Bonchev–Trinajstić information content (AvgIpc) is 2.38. The van der Waals surface area contributed by atoms with E-state index in [2.05, 4.69) is 9.97 Å². The summed E-state index contributed by atoms with van der Waals surface area (Å²) in [7, 11) is 0. The molecule has 0 unspecified atom stereocenters. The topological polar surface area (TPSA) is 104 Å². The maximum absolute atomic E-state index is 11.3. The number of carbonyl (C=O) groups is 1. The number of hydrogen-bond acceptors (Lipinski definition) is 5. The van der Waals surface area contributed by atoms with Gasteiger partial charge in [0.15, 0.2) is 0 Å². The smallest absolute Gasteiger partial charge is 0.252 e. The summed E-state index contributed by atoms with van der Waals surface area (Å²) in [5, 5.41) is 0. The average molecular weight is 272 g/mol. The van der Waals surface area contributed by atoms with Gasteiger partial charge in [0.1, 0.15) is 17.4 Å². The third-order valence-electron chi connectivity index (χ3n) is 2.61. The summed E-state index contributed by atoms with van der Waals surface area (Å²) in [5.41, 5.74) is 11.3. The van der Waals surface area contributed by atoms with Gasteiger partial charge >= 0.3 is 0 Å². The number of aromatic nitrogens is 2. The van der Waals surface area contributed by atoms with Crippen LogP contribution in [0.5, 0.6) is 11.6 Å². The summed E-state index contributed by atoms with van der Waals surface area (Å²) >= 11 is 0. The van der Waals surface area contributed by atoms with E-state index in [1.807, 2.05) is 6.92 Å². The van der Waals surface area contributed by atoms with Crippen LogP contribution in [0.15, 0.2) is 30.3 Å². The molecule has 0 aliphatic heterocycles. The SMILES string of the molecule is CCCc1nc(N)cc(Oc2ccccc2C(N)=O)n1. The van der Waals surface area contributed by atoms with E-state index in [1.54, 1.807) is 24.3 Å². The first-order chi connectivity index (χ1) is 9.60. The standard InChI is InChI=1S/C14H16N4O2/c1-2-5-12-17-11(15)8-13(18-12)20-10-7-4-3-6-9(10)14(16)19/h3-4,6-8H,2,5H2,1H3,(H2,16,19)(H2,15,17,18). The van der Waals surface area contributed by atoms with E-state index < -0.39 is 5.91 Å². The molecule has 104 valence electrons. The first-order valence-electron chi connectivity index (χ1n) is 6.30. The molecule has 0 aliphatic rings. The molecule has 0 atom stereocenters. The predicted molar refractivity (Wildman–Crippen MR) is 75.5 cm³/mol. The summed E-state index contributed by atoms with van der Waals surface area (Å²) in [6.07, 6.45) is 1.61. The van der Waals surface area contributed by atoms with Crippen molar-refractivity contribution in [1.29, 1.82) is 0 Å². The molecule has 1 aromatic heterocycles. The highest BCUT2D eigenvalue weighted by molar-refractivity contribution is 5.95. The van der Waals surface area contributed by atoms with Crippen molar-refractivity contribution < 1.29 is 9.53 Å². The van der Waals surface area contributed by atoms with Crippen molar-refractivity contribution in [2.45, 2.75) is 19.8 Å². The molecule has 0 spiro atoms. The van der Waals surface area contributed by atoms with Crippen LogP contribution < -0.4 is 16.2 Å². The number of nitrogens with zero attached hydrogens (tertiary/aromatic N) is 2. The van der Waals surface area contributed by atoms with Gasteiger partial charge in [-0.2, -0.15) is 4.98 Å². The summed E-state index contributed by atoms with van der Waals surface area (Å²) in [6.45, 7) is 2.02. The number of para-hydroxylation sites is 1. The molecule has 2 aromatic rings. The lowest BCUT2D eigenvalue weighted by Crippen LogP contribution is -2.12. The van der Waals surface area contributed by atoms with E-state index in [0.717, 1.165) is 6.42 Å². The summed E-state index contributed by atoms with van der Waals surface area (Å²) in [5.74, 6) is 1.03. The Morgan fingerprint density at radius 3 is 2.75 bits per heavy atom. The summed E-state index contributed by atoms with van der Waals surface area (Å²) in [4.78, 5) is 19.7. The van der Waals surface area contributed by atoms with Crippen molar-refractivity contribution in [2.75, 3.05) is 5.73 Å². The lowest BCUT2D eigenvalue weighted by Gasteiger charge is -2.09. The van der Waals surface area contributed by atoms with Gasteiger partial charge in [0.05, 0.1) is 5.56 Å². The van der Waals surface area contributed by atoms with Crippen molar-refractivity contribution in [3.63, 3.8) is 0 Å². The van der Waals surface area contributed by atoms with Crippen molar-refractivity contribution in [3.05, 3.63) is 41.7 Å². The third kappa shape index (κ3) is 3.23. The van der Waals surface area contributed by atoms with Crippen LogP contribution in [0.1, 0.15) is 29.5 Å². The molecule has 0 bridgehead atoms. The van der Waals surface area contributed by atoms with Crippen LogP contribution in [0.25, 0.3) is 0 Å². The Hall–Kier alpha value is -2.63. The Bertz CT molecular complexity index is 628. The monoisotopic (exact) mass is 272 g/mol. The lowest BCUT2D eigenvalue weighted by atomic mass is 10.2. The third-order valence-corrected chi connectivity index (χ3v) is 2.61. The molecule has 0 saturated carbocycles. The van der Waals surface area contributed by atoms with E-state index >= 15 is 0 Å². The Morgan fingerprint density at radius 1 is 1.30 bits per heavy atom. The largest absolute Gasteiger partial charge is 0.438 e. The van der Waals surface area contributed by atoms with E-state index in [0.29, 0.717) is 35.3 Å². The number of anilines is 1. The maximum atomic E-state index is 11.3. The van der Waals surface area contributed by atoms with Gasteiger partial charge in [-0.3, -0.25) is 4.79 Å². The molecule has 6 nitrogen and oxygen atoms in total. The second-order valence-electron chi connectivity index (χ2n) is 4.26. The number of amides is 1. The van der Waals surface area contributed by atoms with E-state index in [1.165, 1.54) is 6.07 Å². The van der Waals surface area contributed by atoms with Crippen LogP contribution in [0.4, 0.5) is 5.82 Å². The Kier molecular flexibility index (Phi) is 4.14. The zero-order valence-electron chi connectivity index (χ0n) is 11.2. The van der Waals surface area contributed by atoms with Crippen molar-refractivity contribution >= 4 is 11.7 Å². The Morgan fingerprint density at radius 2 is 2.05 bits per heavy atom. The first-order valence-corrected chi connectivity index (χ1v) is 6.30. The minimum Gasteiger partial charge on any atom is -0.438 e. The number of aryl methyl sites for hydroxylation is 1.